The van der Waals surface area contributed by atoms with E-state index in [9.17, 15) is 18.0 Å². The van der Waals surface area contributed by atoms with Gasteiger partial charge in [-0.3, -0.25) is 4.90 Å². The van der Waals surface area contributed by atoms with Crippen molar-refractivity contribution in [2.75, 3.05) is 10.2 Å². The first-order valence-corrected chi connectivity index (χ1v) is 10.0. The normalized spacial score (nSPS) is 11.4. The van der Waals surface area contributed by atoms with Crippen molar-refractivity contribution < 1.29 is 27.6 Å². The predicted octanol–water partition coefficient (Wildman–Crippen LogP) is 4.31. The summed E-state index contributed by atoms with van der Waals surface area (Å²) in [5.41, 5.74) is 1.72. The van der Waals surface area contributed by atoms with Crippen LogP contribution in [-0.4, -0.2) is 31.3 Å². The van der Waals surface area contributed by atoms with E-state index in [4.69, 9.17) is 9.63 Å². The summed E-state index contributed by atoms with van der Waals surface area (Å²) in [5.74, 6) is 0. The number of halogens is 3. The number of anilines is 2. The monoisotopic (exact) mass is 472 g/mol. The molecule has 4 rings (SSSR count). The average molecular weight is 472 g/mol. The maximum atomic E-state index is 13.1. The number of carbonyl (C=O) groups is 1. The maximum absolute atomic E-state index is 13.1. The standard InChI is InChI=1S/C22H19F3N6O3/c1-14-20(13-34-28-14)30(10-15-3-2-4-16(9-15)22(23,24)25)21(33)26-17-5-7-19(8-6-17)31-11-18(12-32)27-29-31/h2-9,11,13,32H,10,12H2,1H3,(H,26,33). The van der Waals surface area contributed by atoms with Crippen LogP contribution in [0, 0.1) is 6.92 Å². The molecule has 0 atom stereocenters. The molecular weight excluding hydrogens is 453 g/mol. The van der Waals surface area contributed by atoms with E-state index >= 15 is 0 Å². The molecule has 0 aliphatic rings. The first-order chi connectivity index (χ1) is 16.2. The van der Waals surface area contributed by atoms with Crippen LogP contribution in [-0.2, 0) is 19.3 Å². The molecule has 0 unspecified atom stereocenters. The molecule has 2 N–H and O–H groups in total. The Labute approximate surface area is 191 Å². The number of amides is 2. The minimum absolute atomic E-state index is 0.140. The number of nitrogens with zero attached hydrogens (tertiary/aromatic N) is 5. The second kappa shape index (κ2) is 9.35. The van der Waals surface area contributed by atoms with Crippen LogP contribution >= 0.6 is 0 Å². The third-order valence-electron chi connectivity index (χ3n) is 4.94. The van der Waals surface area contributed by atoms with Gasteiger partial charge in [0.05, 0.1) is 30.6 Å². The lowest BCUT2D eigenvalue weighted by molar-refractivity contribution is -0.137. The van der Waals surface area contributed by atoms with E-state index in [0.29, 0.717) is 28.5 Å². The number of carbonyl (C=O) groups excluding carboxylic acids is 1. The SMILES string of the molecule is Cc1nocc1N(Cc1cccc(C(F)(F)F)c1)C(=O)Nc1ccc(-n2cc(CO)nn2)cc1. The van der Waals surface area contributed by atoms with E-state index in [0.717, 1.165) is 12.1 Å². The molecule has 0 fully saturated rings. The first-order valence-electron chi connectivity index (χ1n) is 10.0. The van der Waals surface area contributed by atoms with Crippen molar-refractivity contribution in [2.24, 2.45) is 0 Å². The molecule has 0 saturated heterocycles. The van der Waals surface area contributed by atoms with Crippen LogP contribution in [0.4, 0.5) is 29.3 Å². The minimum Gasteiger partial charge on any atom is -0.390 e. The molecule has 0 spiro atoms. The summed E-state index contributed by atoms with van der Waals surface area (Å²) in [6.45, 7) is 1.25. The summed E-state index contributed by atoms with van der Waals surface area (Å²) < 4.78 is 45.8. The number of nitrogens with one attached hydrogen (secondary N) is 1. The fourth-order valence-corrected chi connectivity index (χ4v) is 3.23. The molecular formula is C22H19F3N6O3. The molecule has 9 nitrogen and oxygen atoms in total. The smallest absolute Gasteiger partial charge is 0.390 e. The highest BCUT2D eigenvalue weighted by molar-refractivity contribution is 6.01. The quantitative estimate of drug-likeness (QED) is 0.433. The van der Waals surface area contributed by atoms with Gasteiger partial charge in [0, 0.05) is 5.69 Å². The van der Waals surface area contributed by atoms with Crippen molar-refractivity contribution in [3.05, 3.63) is 83.5 Å². The number of urea groups is 1. The van der Waals surface area contributed by atoms with Crippen LogP contribution in [0.15, 0.2) is 65.5 Å². The number of rotatable bonds is 6. The van der Waals surface area contributed by atoms with Crippen molar-refractivity contribution in [2.45, 2.75) is 26.3 Å². The zero-order valence-electron chi connectivity index (χ0n) is 17.8. The van der Waals surface area contributed by atoms with Gasteiger partial charge in [-0.05, 0) is 48.9 Å². The third-order valence-corrected chi connectivity index (χ3v) is 4.94. The van der Waals surface area contributed by atoms with Crippen molar-refractivity contribution in [3.63, 3.8) is 0 Å². The van der Waals surface area contributed by atoms with E-state index in [1.165, 1.54) is 28.0 Å². The van der Waals surface area contributed by atoms with Crippen molar-refractivity contribution in [1.29, 1.82) is 0 Å². The molecule has 12 heteroatoms. The molecule has 176 valence electrons. The number of aromatic nitrogens is 4. The Bertz CT molecular complexity index is 1280. The van der Waals surface area contributed by atoms with Crippen LogP contribution in [0.25, 0.3) is 5.69 Å². The highest BCUT2D eigenvalue weighted by atomic mass is 19.4. The predicted molar refractivity (Wildman–Crippen MR) is 115 cm³/mol. The number of aryl methyl sites for hydroxylation is 1. The van der Waals surface area contributed by atoms with Gasteiger partial charge in [0.15, 0.2) is 0 Å². The molecule has 0 bridgehead atoms. The van der Waals surface area contributed by atoms with Crippen molar-refractivity contribution in [1.82, 2.24) is 20.2 Å². The number of aliphatic hydroxyl groups excluding tert-OH is 1. The van der Waals surface area contributed by atoms with E-state index in [2.05, 4.69) is 20.8 Å². The number of hydrogen-bond acceptors (Lipinski definition) is 6. The Morgan fingerprint density at radius 2 is 1.97 bits per heavy atom. The molecule has 0 saturated carbocycles. The van der Waals surface area contributed by atoms with Gasteiger partial charge < -0.3 is 14.9 Å². The van der Waals surface area contributed by atoms with E-state index in [1.54, 1.807) is 37.4 Å². The van der Waals surface area contributed by atoms with Crippen LogP contribution in [0.5, 0.6) is 0 Å². The number of benzene rings is 2. The van der Waals surface area contributed by atoms with Gasteiger partial charge in [0.25, 0.3) is 0 Å². The molecule has 2 heterocycles. The van der Waals surface area contributed by atoms with Gasteiger partial charge in [-0.25, -0.2) is 9.48 Å². The van der Waals surface area contributed by atoms with Gasteiger partial charge in [-0.1, -0.05) is 22.5 Å². The first kappa shape index (κ1) is 23.0. The fourth-order valence-electron chi connectivity index (χ4n) is 3.23. The summed E-state index contributed by atoms with van der Waals surface area (Å²) >= 11 is 0. The molecule has 0 radical (unpaired) electrons. The summed E-state index contributed by atoms with van der Waals surface area (Å²) in [4.78, 5) is 14.4. The molecule has 2 aromatic heterocycles. The van der Waals surface area contributed by atoms with Crippen molar-refractivity contribution >= 4 is 17.4 Å². The summed E-state index contributed by atoms with van der Waals surface area (Å²) in [5, 5.41) is 23.3. The Morgan fingerprint density at radius 1 is 1.21 bits per heavy atom. The lowest BCUT2D eigenvalue weighted by atomic mass is 10.1. The Kier molecular flexibility index (Phi) is 6.32. The molecule has 0 aliphatic heterocycles. The van der Waals surface area contributed by atoms with Crippen LogP contribution in [0.3, 0.4) is 0 Å². The Balaban J connectivity index is 1.55. The second-order valence-electron chi connectivity index (χ2n) is 7.36. The van der Waals surface area contributed by atoms with Gasteiger partial charge in [0.2, 0.25) is 0 Å². The number of hydrogen-bond donors (Lipinski definition) is 2. The highest BCUT2D eigenvalue weighted by Crippen LogP contribution is 2.30. The zero-order valence-corrected chi connectivity index (χ0v) is 17.8. The van der Waals surface area contributed by atoms with Crippen LogP contribution in [0.1, 0.15) is 22.5 Å². The van der Waals surface area contributed by atoms with Gasteiger partial charge >= 0.3 is 12.2 Å². The summed E-state index contributed by atoms with van der Waals surface area (Å²) in [7, 11) is 0. The Morgan fingerprint density at radius 3 is 2.59 bits per heavy atom. The number of aliphatic hydroxyl groups is 1. The topological polar surface area (TPSA) is 109 Å². The minimum atomic E-state index is -4.50. The van der Waals surface area contributed by atoms with E-state index < -0.39 is 17.8 Å². The van der Waals surface area contributed by atoms with Gasteiger partial charge in [-0.15, -0.1) is 5.10 Å². The maximum Gasteiger partial charge on any atom is 0.416 e. The Hall–Kier alpha value is -4.19. The molecule has 2 aromatic carbocycles. The summed E-state index contributed by atoms with van der Waals surface area (Å²) in [6.07, 6.45) is -1.67. The van der Waals surface area contributed by atoms with Crippen molar-refractivity contribution in [3.8, 4) is 5.69 Å². The molecule has 2 amide bonds. The van der Waals surface area contributed by atoms with Crippen LogP contribution in [0.2, 0.25) is 0 Å². The van der Waals surface area contributed by atoms with E-state index in [-0.39, 0.29) is 18.7 Å². The van der Waals surface area contributed by atoms with Gasteiger partial charge in [0.1, 0.15) is 23.3 Å². The molecule has 0 aliphatic carbocycles. The van der Waals surface area contributed by atoms with Crippen LogP contribution < -0.4 is 10.2 Å². The largest absolute Gasteiger partial charge is 0.416 e. The lowest BCUT2D eigenvalue weighted by Crippen LogP contribution is -2.34. The third kappa shape index (κ3) is 5.07. The zero-order chi connectivity index (χ0) is 24.3. The van der Waals surface area contributed by atoms with Gasteiger partial charge in [-0.2, -0.15) is 13.2 Å². The lowest BCUT2D eigenvalue weighted by Gasteiger charge is -2.22. The second-order valence-corrected chi connectivity index (χ2v) is 7.36. The highest BCUT2D eigenvalue weighted by Gasteiger charge is 2.31. The fraction of sp³-hybridized carbons (Fsp3) is 0.182. The molecule has 4 aromatic rings. The average Bonchev–Trinajstić information content (AvgIpc) is 3.46. The van der Waals surface area contributed by atoms with E-state index in [1.807, 2.05) is 0 Å². The molecule has 34 heavy (non-hydrogen) atoms. The summed E-state index contributed by atoms with van der Waals surface area (Å²) in [6, 6.07) is 10.8. The number of alkyl halides is 3.